The molecule has 6 nitrogen and oxygen atoms in total. The lowest BCUT2D eigenvalue weighted by Gasteiger charge is -2.18. The van der Waals surface area contributed by atoms with E-state index >= 15 is 0 Å². The van der Waals surface area contributed by atoms with Crippen LogP contribution < -0.4 is 10.1 Å². The molecule has 0 radical (unpaired) electrons. The van der Waals surface area contributed by atoms with Crippen LogP contribution in [0.25, 0.3) is 21.8 Å². The summed E-state index contributed by atoms with van der Waals surface area (Å²) in [6, 6.07) is 19.2. The van der Waals surface area contributed by atoms with Gasteiger partial charge < -0.3 is 14.8 Å². The van der Waals surface area contributed by atoms with Crippen molar-refractivity contribution in [3.63, 3.8) is 0 Å². The minimum absolute atomic E-state index is 0.211. The molecule has 7 heteroatoms. The van der Waals surface area contributed by atoms with Crippen molar-refractivity contribution in [2.75, 3.05) is 14.2 Å². The van der Waals surface area contributed by atoms with Crippen molar-refractivity contribution in [3.05, 3.63) is 82.9 Å². The highest BCUT2D eigenvalue weighted by atomic mass is 35.5. The van der Waals surface area contributed by atoms with Crippen molar-refractivity contribution < 1.29 is 19.1 Å². The Bertz CT molecular complexity index is 1270. The molecular formula is C25H21ClN2O4. The molecule has 4 rings (SSSR count). The van der Waals surface area contributed by atoms with Gasteiger partial charge in [0.2, 0.25) is 0 Å². The molecule has 0 fully saturated rings. The number of halogens is 1. The minimum Gasteiger partial charge on any atom is -0.495 e. The largest absolute Gasteiger partial charge is 0.495 e. The first-order valence-corrected chi connectivity index (χ1v) is 10.4. The number of methoxy groups -OCH3 is 2. The first-order valence-electron chi connectivity index (χ1n) is 10.0. The molecule has 1 amide bonds. The quantitative estimate of drug-likeness (QED) is 0.345. The number of para-hydroxylation sites is 2. The number of benzene rings is 3. The van der Waals surface area contributed by atoms with Crippen LogP contribution in [0.3, 0.4) is 0 Å². The first-order chi connectivity index (χ1) is 15.5. The van der Waals surface area contributed by atoms with Crippen LogP contribution >= 0.6 is 11.6 Å². The van der Waals surface area contributed by atoms with Gasteiger partial charge in [-0.15, -0.1) is 0 Å². The van der Waals surface area contributed by atoms with Crippen molar-refractivity contribution in [2.45, 2.75) is 12.5 Å². The normalized spacial score (nSPS) is 11.8. The highest BCUT2D eigenvalue weighted by Crippen LogP contribution is 2.27. The molecule has 1 aromatic heterocycles. The predicted molar refractivity (Wildman–Crippen MR) is 124 cm³/mol. The van der Waals surface area contributed by atoms with Crippen LogP contribution in [0.1, 0.15) is 15.9 Å². The minimum atomic E-state index is -0.900. The number of carbonyl (C=O) groups is 2. The van der Waals surface area contributed by atoms with Gasteiger partial charge in [-0.3, -0.25) is 4.79 Å². The topological polar surface area (TPSA) is 77.5 Å². The van der Waals surface area contributed by atoms with Gasteiger partial charge in [0.15, 0.2) is 0 Å². The first kappa shape index (κ1) is 21.6. The van der Waals surface area contributed by atoms with Crippen LogP contribution in [0.5, 0.6) is 5.75 Å². The summed E-state index contributed by atoms with van der Waals surface area (Å²) in [5, 5.41) is 4.69. The lowest BCUT2D eigenvalue weighted by molar-refractivity contribution is -0.142. The maximum Gasteiger partial charge on any atom is 0.328 e. The third-order valence-corrected chi connectivity index (χ3v) is 5.56. The molecule has 0 bridgehead atoms. The van der Waals surface area contributed by atoms with Crippen LogP contribution in [0, 0.1) is 0 Å². The molecule has 0 saturated carbocycles. The van der Waals surface area contributed by atoms with E-state index in [4.69, 9.17) is 21.1 Å². The summed E-state index contributed by atoms with van der Waals surface area (Å²) in [6.45, 7) is 0. The van der Waals surface area contributed by atoms with E-state index in [9.17, 15) is 9.59 Å². The number of pyridine rings is 1. The standard InChI is InChI=1S/C25H21ClN2O4/c1-31-22-12-11-15(13-18(22)26)14-21(25(30)32-2)28-24(29)23-16-7-3-5-9-19(16)27-20-10-6-4-8-17(20)23/h3-13,21H,14H2,1-2H3,(H,28,29)/t21-/m0/s1. The van der Waals surface area contributed by atoms with Crippen molar-refractivity contribution in [1.82, 2.24) is 10.3 Å². The fourth-order valence-electron chi connectivity index (χ4n) is 3.72. The van der Waals surface area contributed by atoms with Gasteiger partial charge in [0.05, 0.1) is 35.8 Å². The molecule has 3 aromatic carbocycles. The number of carbonyl (C=O) groups excluding carboxylic acids is 2. The molecule has 1 atom stereocenters. The van der Waals surface area contributed by atoms with Crippen molar-refractivity contribution in [3.8, 4) is 5.75 Å². The molecule has 0 spiro atoms. The number of esters is 1. The zero-order valence-corrected chi connectivity index (χ0v) is 18.3. The van der Waals surface area contributed by atoms with Crippen LogP contribution in [0.4, 0.5) is 0 Å². The average molecular weight is 449 g/mol. The molecule has 1 heterocycles. The lowest BCUT2D eigenvalue weighted by Crippen LogP contribution is -2.43. The van der Waals surface area contributed by atoms with Gasteiger partial charge in [0.1, 0.15) is 11.8 Å². The molecule has 0 aliphatic rings. The molecule has 0 saturated heterocycles. The Morgan fingerprint density at radius 1 is 0.969 bits per heavy atom. The summed E-state index contributed by atoms with van der Waals surface area (Å²) >= 11 is 6.22. The van der Waals surface area contributed by atoms with Gasteiger partial charge in [-0.2, -0.15) is 0 Å². The van der Waals surface area contributed by atoms with Crippen LogP contribution in [0.15, 0.2) is 66.7 Å². The summed E-state index contributed by atoms with van der Waals surface area (Å²) in [6.07, 6.45) is 0.211. The SMILES string of the molecule is COC(=O)[C@H](Cc1ccc(OC)c(Cl)c1)NC(=O)c1c2ccccc2nc2ccccc12. The maximum atomic E-state index is 13.5. The second-order valence-corrected chi connectivity index (χ2v) is 7.65. The van der Waals surface area contributed by atoms with Gasteiger partial charge in [-0.05, 0) is 29.8 Å². The number of amides is 1. The maximum absolute atomic E-state index is 13.5. The Morgan fingerprint density at radius 3 is 2.16 bits per heavy atom. The fourth-order valence-corrected chi connectivity index (χ4v) is 4.00. The number of hydrogen-bond acceptors (Lipinski definition) is 5. The number of rotatable bonds is 6. The monoisotopic (exact) mass is 448 g/mol. The molecule has 0 aliphatic heterocycles. The van der Waals surface area contributed by atoms with E-state index in [1.807, 2.05) is 48.5 Å². The van der Waals surface area contributed by atoms with Crippen LogP contribution in [0.2, 0.25) is 5.02 Å². The van der Waals surface area contributed by atoms with Crippen molar-refractivity contribution in [1.29, 1.82) is 0 Å². The molecule has 32 heavy (non-hydrogen) atoms. The average Bonchev–Trinajstić information content (AvgIpc) is 2.81. The highest BCUT2D eigenvalue weighted by Gasteiger charge is 2.25. The van der Waals surface area contributed by atoms with Crippen LogP contribution in [-0.4, -0.2) is 37.1 Å². The zero-order chi connectivity index (χ0) is 22.7. The molecule has 0 unspecified atom stereocenters. The van der Waals surface area contributed by atoms with E-state index in [1.54, 1.807) is 18.2 Å². The van der Waals surface area contributed by atoms with Gasteiger partial charge in [0.25, 0.3) is 5.91 Å². The lowest BCUT2D eigenvalue weighted by atomic mass is 10.0. The van der Waals surface area contributed by atoms with Gasteiger partial charge in [-0.25, -0.2) is 9.78 Å². The number of nitrogens with one attached hydrogen (secondary N) is 1. The molecule has 162 valence electrons. The van der Waals surface area contributed by atoms with Crippen molar-refractivity contribution in [2.24, 2.45) is 0 Å². The smallest absolute Gasteiger partial charge is 0.328 e. The summed E-state index contributed by atoms with van der Waals surface area (Å²) in [5.74, 6) is -0.397. The Balaban J connectivity index is 1.72. The summed E-state index contributed by atoms with van der Waals surface area (Å²) in [7, 11) is 2.82. The van der Waals surface area contributed by atoms with E-state index in [0.29, 0.717) is 38.1 Å². The second-order valence-electron chi connectivity index (χ2n) is 7.24. The van der Waals surface area contributed by atoms with E-state index in [1.165, 1.54) is 14.2 Å². The number of aromatic nitrogens is 1. The van der Waals surface area contributed by atoms with E-state index in [-0.39, 0.29) is 12.3 Å². The third kappa shape index (κ3) is 4.22. The van der Waals surface area contributed by atoms with Crippen molar-refractivity contribution >= 4 is 45.3 Å². The fraction of sp³-hybridized carbons (Fsp3) is 0.160. The van der Waals surface area contributed by atoms with Gasteiger partial charge >= 0.3 is 5.97 Å². The molecular weight excluding hydrogens is 428 g/mol. The Morgan fingerprint density at radius 2 is 1.59 bits per heavy atom. The van der Waals surface area contributed by atoms with E-state index in [0.717, 1.165) is 5.56 Å². The number of hydrogen-bond donors (Lipinski definition) is 1. The Kier molecular flexibility index (Phi) is 6.23. The number of nitrogens with zero attached hydrogens (tertiary/aromatic N) is 1. The molecule has 4 aromatic rings. The van der Waals surface area contributed by atoms with E-state index < -0.39 is 12.0 Å². The molecule has 1 N–H and O–H groups in total. The van der Waals surface area contributed by atoms with Crippen LogP contribution in [-0.2, 0) is 16.0 Å². The summed E-state index contributed by atoms with van der Waals surface area (Å²) in [4.78, 5) is 30.6. The second kappa shape index (κ2) is 9.24. The summed E-state index contributed by atoms with van der Waals surface area (Å²) in [5.41, 5.74) is 2.63. The van der Waals surface area contributed by atoms with Gasteiger partial charge in [0, 0.05) is 17.2 Å². The number of fused-ring (bicyclic) bond motifs is 2. The highest BCUT2D eigenvalue weighted by molar-refractivity contribution is 6.32. The summed E-state index contributed by atoms with van der Waals surface area (Å²) < 4.78 is 10.1. The zero-order valence-electron chi connectivity index (χ0n) is 17.6. The Labute approximate surface area is 190 Å². The van der Waals surface area contributed by atoms with Gasteiger partial charge in [-0.1, -0.05) is 54.1 Å². The number of ether oxygens (including phenoxy) is 2. The third-order valence-electron chi connectivity index (χ3n) is 5.26. The van der Waals surface area contributed by atoms with E-state index in [2.05, 4.69) is 10.3 Å². The molecule has 0 aliphatic carbocycles. The Hall–Kier alpha value is -3.64. The predicted octanol–water partition coefficient (Wildman–Crippen LogP) is 4.56.